The molecule has 2 amide bonds. The zero-order valence-electron chi connectivity index (χ0n) is 13.0. The van der Waals surface area contributed by atoms with Gasteiger partial charge in [-0.25, -0.2) is 4.79 Å². The Morgan fingerprint density at radius 1 is 1.26 bits per heavy atom. The predicted molar refractivity (Wildman–Crippen MR) is 91.0 cm³/mol. The topological polar surface area (TPSA) is 70.6 Å². The first-order chi connectivity index (χ1) is 10.9. The maximum Gasteiger partial charge on any atom is 0.319 e. The quantitative estimate of drug-likeness (QED) is 0.785. The van der Waals surface area contributed by atoms with E-state index in [1.807, 2.05) is 18.2 Å². The number of nitrogens with one attached hydrogen (secondary N) is 2. The van der Waals surface area contributed by atoms with Crippen LogP contribution in [0.4, 0.5) is 10.5 Å². The van der Waals surface area contributed by atoms with Gasteiger partial charge in [0, 0.05) is 6.07 Å². The number of methoxy groups -OCH3 is 1. The molecule has 1 unspecified atom stereocenters. The van der Waals surface area contributed by atoms with Gasteiger partial charge in [0.15, 0.2) is 0 Å². The molecule has 3 N–H and O–H groups in total. The number of benzene rings is 2. The van der Waals surface area contributed by atoms with Gasteiger partial charge in [-0.2, -0.15) is 0 Å². The highest BCUT2D eigenvalue weighted by atomic mass is 35.5. The Labute approximate surface area is 140 Å². The highest BCUT2D eigenvalue weighted by Gasteiger charge is 2.23. The van der Waals surface area contributed by atoms with Crippen LogP contribution in [0, 0.1) is 0 Å². The van der Waals surface area contributed by atoms with Crippen LogP contribution in [-0.2, 0) is 5.60 Å². The molecular weight excluding hydrogens is 316 g/mol. The van der Waals surface area contributed by atoms with E-state index >= 15 is 0 Å². The number of ether oxygens (including phenoxy) is 1. The van der Waals surface area contributed by atoms with Gasteiger partial charge in [-0.3, -0.25) is 0 Å². The van der Waals surface area contributed by atoms with E-state index in [1.54, 1.807) is 37.3 Å². The maximum absolute atomic E-state index is 12.0. The van der Waals surface area contributed by atoms with Crippen LogP contribution in [0.5, 0.6) is 5.75 Å². The molecule has 0 bridgehead atoms. The van der Waals surface area contributed by atoms with Crippen molar-refractivity contribution in [3.05, 3.63) is 59.1 Å². The van der Waals surface area contributed by atoms with Crippen molar-refractivity contribution < 1.29 is 14.6 Å². The van der Waals surface area contributed by atoms with Crippen molar-refractivity contribution in [1.29, 1.82) is 0 Å². The average molecular weight is 335 g/mol. The minimum absolute atomic E-state index is 0.0661. The molecule has 2 aromatic rings. The van der Waals surface area contributed by atoms with Crippen molar-refractivity contribution in [2.24, 2.45) is 0 Å². The third-order valence-corrected chi connectivity index (χ3v) is 3.73. The Kier molecular flexibility index (Phi) is 5.47. The predicted octanol–water partition coefficient (Wildman–Crippen LogP) is 3.38. The van der Waals surface area contributed by atoms with Gasteiger partial charge in [-0.15, -0.1) is 0 Å². The van der Waals surface area contributed by atoms with Gasteiger partial charge in [0.25, 0.3) is 0 Å². The molecule has 5 nitrogen and oxygen atoms in total. The zero-order chi connectivity index (χ0) is 16.9. The van der Waals surface area contributed by atoms with E-state index in [1.165, 1.54) is 7.11 Å². The van der Waals surface area contributed by atoms with Crippen molar-refractivity contribution in [3.8, 4) is 5.75 Å². The van der Waals surface area contributed by atoms with E-state index in [2.05, 4.69) is 10.6 Å². The van der Waals surface area contributed by atoms with Gasteiger partial charge in [0.1, 0.15) is 11.4 Å². The van der Waals surface area contributed by atoms with E-state index in [0.717, 1.165) is 5.56 Å². The molecule has 0 aliphatic carbocycles. The number of hydrogen-bond donors (Lipinski definition) is 3. The molecule has 122 valence electrons. The van der Waals surface area contributed by atoms with Crippen molar-refractivity contribution in [3.63, 3.8) is 0 Å². The fraction of sp³-hybridized carbons (Fsp3) is 0.235. The Balaban J connectivity index is 1.95. The van der Waals surface area contributed by atoms with Crippen molar-refractivity contribution in [2.45, 2.75) is 12.5 Å². The average Bonchev–Trinajstić information content (AvgIpc) is 2.56. The number of anilines is 1. The fourth-order valence-electron chi connectivity index (χ4n) is 2.04. The van der Waals surface area contributed by atoms with Crippen LogP contribution >= 0.6 is 11.6 Å². The van der Waals surface area contributed by atoms with Crippen LogP contribution in [0.2, 0.25) is 5.02 Å². The molecule has 0 saturated carbocycles. The van der Waals surface area contributed by atoms with Gasteiger partial charge < -0.3 is 20.5 Å². The molecular formula is C17H19ClN2O3. The van der Waals surface area contributed by atoms with Crippen LogP contribution in [0.25, 0.3) is 0 Å². The molecule has 0 aromatic heterocycles. The lowest BCUT2D eigenvalue weighted by Crippen LogP contribution is -2.40. The number of urea groups is 1. The minimum Gasteiger partial charge on any atom is -0.497 e. The summed E-state index contributed by atoms with van der Waals surface area (Å²) in [7, 11) is 1.54. The number of carbonyl (C=O) groups is 1. The summed E-state index contributed by atoms with van der Waals surface area (Å²) in [6.07, 6.45) is 0. The number of hydrogen-bond acceptors (Lipinski definition) is 3. The highest BCUT2D eigenvalue weighted by Crippen LogP contribution is 2.26. The Hall–Kier alpha value is -2.24. The lowest BCUT2D eigenvalue weighted by atomic mass is 9.96. The number of aliphatic hydroxyl groups is 1. The van der Waals surface area contributed by atoms with Crippen LogP contribution in [0.1, 0.15) is 12.5 Å². The molecule has 6 heteroatoms. The summed E-state index contributed by atoms with van der Waals surface area (Å²) in [5.41, 5.74) is 0.0227. The molecule has 1 atom stereocenters. The van der Waals surface area contributed by atoms with Gasteiger partial charge in [-0.1, -0.05) is 41.9 Å². The second-order valence-corrected chi connectivity index (χ2v) is 5.70. The standard InChI is InChI=1S/C17H19ClN2O3/c1-17(22,12-6-4-3-5-7-12)11-19-16(21)20-15-9-8-13(23-2)10-14(15)18/h3-10,22H,11H2,1-2H3,(H2,19,20,21). The van der Waals surface area contributed by atoms with Crippen LogP contribution in [0.15, 0.2) is 48.5 Å². The zero-order valence-corrected chi connectivity index (χ0v) is 13.7. The minimum atomic E-state index is -1.16. The second kappa shape index (κ2) is 7.35. The van der Waals surface area contributed by atoms with E-state index in [0.29, 0.717) is 16.5 Å². The number of carbonyl (C=O) groups excluding carboxylic acids is 1. The van der Waals surface area contributed by atoms with E-state index < -0.39 is 11.6 Å². The highest BCUT2D eigenvalue weighted by molar-refractivity contribution is 6.33. The van der Waals surface area contributed by atoms with Crippen molar-refractivity contribution in [1.82, 2.24) is 5.32 Å². The van der Waals surface area contributed by atoms with Gasteiger partial charge in [0.2, 0.25) is 0 Å². The second-order valence-electron chi connectivity index (χ2n) is 5.29. The molecule has 23 heavy (non-hydrogen) atoms. The van der Waals surface area contributed by atoms with Crippen molar-refractivity contribution >= 4 is 23.3 Å². The monoisotopic (exact) mass is 334 g/mol. The molecule has 0 spiro atoms. The third kappa shape index (κ3) is 4.61. The molecule has 0 fully saturated rings. The van der Waals surface area contributed by atoms with E-state index in [9.17, 15) is 9.90 Å². The molecule has 0 radical (unpaired) electrons. The molecule has 2 aromatic carbocycles. The van der Waals surface area contributed by atoms with Crippen molar-refractivity contribution in [2.75, 3.05) is 19.0 Å². The van der Waals surface area contributed by atoms with E-state index in [-0.39, 0.29) is 6.54 Å². The summed E-state index contributed by atoms with van der Waals surface area (Å²) in [6, 6.07) is 13.6. The fourth-order valence-corrected chi connectivity index (χ4v) is 2.26. The third-order valence-electron chi connectivity index (χ3n) is 3.41. The SMILES string of the molecule is COc1ccc(NC(=O)NCC(C)(O)c2ccccc2)c(Cl)c1. The number of amides is 2. The first-order valence-electron chi connectivity index (χ1n) is 7.08. The first-order valence-corrected chi connectivity index (χ1v) is 7.46. The molecule has 2 rings (SSSR count). The summed E-state index contributed by atoms with van der Waals surface area (Å²) in [4.78, 5) is 12.0. The summed E-state index contributed by atoms with van der Waals surface area (Å²) < 4.78 is 5.05. The maximum atomic E-state index is 12.0. The summed E-state index contributed by atoms with van der Waals surface area (Å²) in [5, 5.41) is 16.1. The van der Waals surface area contributed by atoms with Gasteiger partial charge >= 0.3 is 6.03 Å². The van der Waals surface area contributed by atoms with Crippen LogP contribution in [0.3, 0.4) is 0 Å². The van der Waals surface area contributed by atoms with Gasteiger partial charge in [0.05, 0.1) is 24.4 Å². The molecule has 0 saturated heterocycles. The van der Waals surface area contributed by atoms with E-state index in [4.69, 9.17) is 16.3 Å². The largest absolute Gasteiger partial charge is 0.497 e. The summed E-state index contributed by atoms with van der Waals surface area (Å²) >= 11 is 6.07. The Bertz CT molecular complexity index is 675. The van der Waals surface area contributed by atoms with Crippen LogP contribution < -0.4 is 15.4 Å². The Morgan fingerprint density at radius 2 is 1.96 bits per heavy atom. The number of halogens is 1. The lowest BCUT2D eigenvalue weighted by molar-refractivity contribution is 0.0599. The normalized spacial score (nSPS) is 13.0. The first kappa shape index (κ1) is 17.1. The molecule has 0 aliphatic rings. The number of rotatable bonds is 5. The summed E-state index contributed by atoms with van der Waals surface area (Å²) in [5.74, 6) is 0.605. The van der Waals surface area contributed by atoms with Crippen LogP contribution in [-0.4, -0.2) is 24.8 Å². The smallest absolute Gasteiger partial charge is 0.319 e. The van der Waals surface area contributed by atoms with Gasteiger partial charge in [-0.05, 0) is 24.6 Å². The molecule has 0 aliphatic heterocycles. The Morgan fingerprint density at radius 3 is 2.57 bits per heavy atom. The lowest BCUT2D eigenvalue weighted by Gasteiger charge is -2.24. The summed E-state index contributed by atoms with van der Waals surface area (Å²) in [6.45, 7) is 1.71. The molecule has 0 heterocycles.